The van der Waals surface area contributed by atoms with Gasteiger partial charge in [0.15, 0.2) is 11.6 Å². The van der Waals surface area contributed by atoms with E-state index in [0.717, 1.165) is 4.90 Å². The van der Waals surface area contributed by atoms with Crippen molar-refractivity contribution in [2.75, 3.05) is 82.2 Å². The van der Waals surface area contributed by atoms with Crippen molar-refractivity contribution in [1.82, 2.24) is 44.5 Å². The summed E-state index contributed by atoms with van der Waals surface area (Å²) in [6.07, 6.45) is 2.29. The molecule has 8 amide bonds. The Morgan fingerprint density at radius 1 is 0.505 bits per heavy atom. The van der Waals surface area contributed by atoms with Gasteiger partial charge >= 0.3 is 0 Å². The molecule has 91 heavy (non-hydrogen) atoms. The minimum Gasteiger partial charge on any atom is -0.390 e. The smallest absolute Gasteiger partial charge is 0.246 e. The largest absolute Gasteiger partial charge is 0.390 e. The highest BCUT2D eigenvalue weighted by Crippen LogP contribution is 2.30. The molecule has 0 aliphatic carbocycles. The molecule has 0 unspecified atom stereocenters. The summed E-state index contributed by atoms with van der Waals surface area (Å²) in [5.41, 5.74) is 0. The Morgan fingerprint density at radius 3 is 1.45 bits per heavy atom. The van der Waals surface area contributed by atoms with Crippen molar-refractivity contribution in [3.63, 3.8) is 0 Å². The topological polar surface area (TPSA) is 255 Å². The molecule has 2 aliphatic rings. The van der Waals surface area contributed by atoms with Crippen LogP contribution in [-0.2, 0) is 57.5 Å². The van der Waals surface area contributed by atoms with Crippen LogP contribution in [0, 0.1) is 59.2 Å². The average molecular weight is 1280 g/mol. The number of rotatable bonds is 16. The maximum atomic E-state index is 15.3. The van der Waals surface area contributed by atoms with Gasteiger partial charge in [-0.25, -0.2) is 0 Å². The predicted octanol–water partition coefficient (Wildman–Crippen LogP) is 5.85. The molecule has 0 aromatic rings. The number of allylic oxidation sites excluding steroid dienone is 2. The third kappa shape index (κ3) is 22.3. The second-order valence-corrected chi connectivity index (χ2v) is 28.6. The lowest BCUT2D eigenvalue weighted by Crippen LogP contribution is -2.63. The summed E-state index contributed by atoms with van der Waals surface area (Å²) in [6.45, 7) is 32.9. The molecule has 22 heteroatoms. The van der Waals surface area contributed by atoms with Crippen LogP contribution in [0.1, 0.15) is 169 Å². The molecule has 2 fully saturated rings. The standard InChI is InChI=1S/C69H121N9O13/c1-25-27-28-45(13)61(82)60-62(83)70-51(26-2)66(87)71(18)49(17)64(85)76(23)59(48(16)39-78-29-31-91-32-30-78)57(81)38-50(43(9)10)65(86)72(19)52(33-40(3)4)56(80)36-46(14)55(79)37-47(15)63(84)73(20)53(34-41(5)6)67(88)74(21)54(35-42(7)8)68(89)75(22)58(44(11)12)69(90)77(60)24/h25,27,40-54,58-61,82H,26,28-39H2,1-24H3,(H,70,83)/b27-25+/t45-,46-,47+,48-,49-,50+,51+,52+,53+,54+,58+,59+,60+,61-/m1/s1. The molecule has 0 spiro atoms. The SMILES string of the molecule is C/C=C/C[C@@H](C)[C@@H](O)[C@H]1C(=O)N[C@@H](CC)C(=O)N(C)[C@H](C)C(=O)N(C)[C@@H]([C@H](C)CN2CCOCC2)C(=O)C[C@@H](C(C)C)C(=O)N(C)[C@@H](CC(C)C)C(=O)C[C@@H](C)C(=O)C[C@H](C)C(=O)N(C)[C@@H](CC(C)C)C(=O)N(C)[C@@H](CC(C)C)C(=O)N(C)[C@@H](C(C)C)C(=O)N1C. The van der Waals surface area contributed by atoms with Gasteiger partial charge in [0.05, 0.1) is 31.4 Å². The molecule has 0 bridgehead atoms. The van der Waals surface area contributed by atoms with Crippen molar-refractivity contribution in [2.45, 2.75) is 224 Å². The molecule has 2 N–H and O–H groups in total. The molecule has 0 aromatic carbocycles. The maximum Gasteiger partial charge on any atom is 0.246 e. The highest BCUT2D eigenvalue weighted by Gasteiger charge is 2.46. The fourth-order valence-corrected chi connectivity index (χ4v) is 12.9. The molecule has 2 heterocycles. The molecule has 14 atom stereocenters. The van der Waals surface area contributed by atoms with Gasteiger partial charge in [0.2, 0.25) is 47.3 Å². The van der Waals surface area contributed by atoms with E-state index in [0.29, 0.717) is 39.3 Å². The van der Waals surface area contributed by atoms with Crippen molar-refractivity contribution >= 4 is 64.6 Å². The van der Waals surface area contributed by atoms with Crippen molar-refractivity contribution in [2.24, 2.45) is 59.2 Å². The molecule has 2 aliphatic heterocycles. The van der Waals surface area contributed by atoms with Crippen molar-refractivity contribution in [3.8, 4) is 0 Å². The number of amides is 8. The number of carbonyl (C=O) groups excluding carboxylic acids is 11. The van der Waals surface area contributed by atoms with Gasteiger partial charge in [0.1, 0.15) is 42.0 Å². The summed E-state index contributed by atoms with van der Waals surface area (Å²) in [6, 6.07) is -9.65. The van der Waals surface area contributed by atoms with Crippen LogP contribution in [0.15, 0.2) is 12.2 Å². The summed E-state index contributed by atoms with van der Waals surface area (Å²) < 4.78 is 5.62. The summed E-state index contributed by atoms with van der Waals surface area (Å²) in [5.74, 6) is -11.2. The molecular weight excluding hydrogens is 1160 g/mol. The van der Waals surface area contributed by atoms with Gasteiger partial charge in [-0.15, -0.1) is 0 Å². The monoisotopic (exact) mass is 1280 g/mol. The van der Waals surface area contributed by atoms with Gasteiger partial charge in [-0.1, -0.05) is 116 Å². The summed E-state index contributed by atoms with van der Waals surface area (Å²) in [4.78, 5) is 175. The van der Waals surface area contributed by atoms with E-state index in [4.69, 9.17) is 4.74 Å². The summed E-state index contributed by atoms with van der Waals surface area (Å²) in [7, 11) is 10.3. The Labute approximate surface area is 546 Å². The van der Waals surface area contributed by atoms with Crippen LogP contribution in [0.25, 0.3) is 0 Å². The van der Waals surface area contributed by atoms with E-state index in [9.17, 15) is 33.9 Å². The Hall–Kier alpha value is -5.61. The van der Waals surface area contributed by atoms with Crippen LogP contribution >= 0.6 is 0 Å². The van der Waals surface area contributed by atoms with Gasteiger partial charge in [-0.05, 0) is 87.4 Å². The number of nitrogens with one attached hydrogen (secondary N) is 1. The van der Waals surface area contributed by atoms with E-state index < -0.39 is 149 Å². The second kappa shape index (κ2) is 37.3. The first-order chi connectivity index (χ1) is 42.2. The molecule has 0 saturated carbocycles. The molecule has 2 rings (SSSR count). The lowest BCUT2D eigenvalue weighted by Gasteiger charge is -2.41. The minimum atomic E-state index is -1.61. The number of morpholine rings is 1. The lowest BCUT2D eigenvalue weighted by atomic mass is 9.83. The molecule has 2 saturated heterocycles. The lowest BCUT2D eigenvalue weighted by molar-refractivity contribution is -0.157. The quantitative estimate of drug-likeness (QED) is 0.172. The highest BCUT2D eigenvalue weighted by atomic mass is 16.5. The van der Waals surface area contributed by atoms with Crippen LogP contribution in [0.3, 0.4) is 0 Å². The van der Waals surface area contributed by atoms with E-state index in [-0.39, 0.29) is 74.3 Å². The van der Waals surface area contributed by atoms with Gasteiger partial charge in [0, 0.05) is 106 Å². The third-order valence-electron chi connectivity index (χ3n) is 18.9. The molecule has 0 aromatic heterocycles. The molecule has 22 nitrogen and oxygen atoms in total. The first-order valence-corrected chi connectivity index (χ1v) is 33.6. The van der Waals surface area contributed by atoms with Crippen LogP contribution in [0.2, 0.25) is 0 Å². The van der Waals surface area contributed by atoms with Crippen molar-refractivity contribution in [3.05, 3.63) is 12.2 Å². The summed E-state index contributed by atoms with van der Waals surface area (Å²) >= 11 is 0. The Balaban J connectivity index is 3.04. The molecule has 520 valence electrons. The van der Waals surface area contributed by atoms with E-state index in [2.05, 4.69) is 10.2 Å². The summed E-state index contributed by atoms with van der Waals surface area (Å²) in [5, 5.41) is 15.0. The van der Waals surface area contributed by atoms with E-state index in [1.807, 2.05) is 75.3 Å². The number of nitrogens with zero attached hydrogens (tertiary/aromatic N) is 8. The van der Waals surface area contributed by atoms with Crippen LogP contribution < -0.4 is 5.32 Å². The van der Waals surface area contributed by atoms with Gasteiger partial charge < -0.3 is 49.5 Å². The number of aliphatic hydroxyl groups is 1. The minimum absolute atomic E-state index is 0.0220. The normalized spacial score (nSPS) is 28.5. The fraction of sp³-hybridized carbons (Fsp3) is 0.812. The number of Topliss-reactive ketones (excluding diaryl/α,β-unsaturated/α-hetero) is 3. The van der Waals surface area contributed by atoms with Gasteiger partial charge in [0.25, 0.3) is 0 Å². The van der Waals surface area contributed by atoms with Crippen molar-refractivity contribution < 1.29 is 62.6 Å². The Morgan fingerprint density at radius 2 is 0.967 bits per heavy atom. The third-order valence-corrected chi connectivity index (χ3v) is 18.9. The maximum absolute atomic E-state index is 15.3. The molecule has 0 radical (unpaired) electrons. The number of ether oxygens (including phenoxy) is 1. The number of aliphatic hydroxyl groups excluding tert-OH is 1. The average Bonchev–Trinajstić information content (AvgIpc) is 2.18. The zero-order valence-corrected chi connectivity index (χ0v) is 60.2. The van der Waals surface area contributed by atoms with E-state index in [1.165, 1.54) is 85.7 Å². The number of hydrogen-bond donors (Lipinski definition) is 2. The van der Waals surface area contributed by atoms with Crippen LogP contribution in [-0.4, -0.2) is 246 Å². The Kier molecular flexibility index (Phi) is 33.4. The first kappa shape index (κ1) is 81.5. The molecular formula is C69H121N9O13. The number of hydrogen-bond acceptors (Lipinski definition) is 14. The highest BCUT2D eigenvalue weighted by molar-refractivity contribution is 6.00. The number of ketones is 3. The van der Waals surface area contributed by atoms with E-state index >= 15 is 24.0 Å². The zero-order chi connectivity index (χ0) is 70.0. The van der Waals surface area contributed by atoms with Crippen molar-refractivity contribution in [1.29, 1.82) is 0 Å². The number of carbonyl (C=O) groups is 11. The second-order valence-electron chi connectivity index (χ2n) is 28.6. The Bertz CT molecular complexity index is 2500. The fourth-order valence-electron chi connectivity index (χ4n) is 12.9. The number of likely N-dealkylation sites (N-methyl/N-ethyl adjacent to an activating group) is 7. The van der Waals surface area contributed by atoms with Crippen LogP contribution in [0.4, 0.5) is 0 Å². The van der Waals surface area contributed by atoms with Gasteiger partial charge in [-0.3, -0.25) is 57.6 Å². The first-order valence-electron chi connectivity index (χ1n) is 33.6. The zero-order valence-electron chi connectivity index (χ0n) is 60.2. The van der Waals surface area contributed by atoms with Gasteiger partial charge in [-0.2, -0.15) is 0 Å². The predicted molar refractivity (Wildman–Crippen MR) is 354 cm³/mol. The van der Waals surface area contributed by atoms with E-state index in [1.54, 1.807) is 47.6 Å². The van der Waals surface area contributed by atoms with Crippen LogP contribution in [0.5, 0.6) is 0 Å².